The van der Waals surface area contributed by atoms with Crippen LogP contribution in [0.4, 0.5) is 0 Å². The van der Waals surface area contributed by atoms with E-state index in [0.717, 1.165) is 23.0 Å². The molecule has 0 aromatic heterocycles. The molecular weight excluding hydrogens is 312 g/mol. The lowest BCUT2D eigenvalue weighted by Gasteiger charge is -2.07. The summed E-state index contributed by atoms with van der Waals surface area (Å²) in [5, 5.41) is 5.37. The van der Waals surface area contributed by atoms with Gasteiger partial charge >= 0.3 is 0 Å². The van der Waals surface area contributed by atoms with Gasteiger partial charge in [0.2, 0.25) is 11.8 Å². The summed E-state index contributed by atoms with van der Waals surface area (Å²) in [5.74, 6) is 3.19. The maximum absolute atomic E-state index is 11.5. The predicted octanol–water partition coefficient (Wildman–Crippen LogP) is 0.470. The molecule has 0 bridgehead atoms. The van der Waals surface area contributed by atoms with E-state index >= 15 is 0 Å². The molecule has 1 rings (SSSR count). The van der Waals surface area contributed by atoms with E-state index in [1.807, 2.05) is 0 Å². The highest BCUT2D eigenvalue weighted by Gasteiger charge is 2.04. The standard InChI is InChI=1S/C13H24N2O4S2/c16-12-1-7-20-9-5-18-3-4-19-6-10-21-8-2-13(17)15-11-14-12/h1-11H2,(H,14,16)(H,15,17). The van der Waals surface area contributed by atoms with Crippen LogP contribution in [0.15, 0.2) is 0 Å². The average Bonchev–Trinajstić information content (AvgIpc) is 2.47. The zero-order valence-corrected chi connectivity index (χ0v) is 13.9. The van der Waals surface area contributed by atoms with Crippen LogP contribution in [0.3, 0.4) is 0 Å². The van der Waals surface area contributed by atoms with E-state index in [1.165, 1.54) is 0 Å². The van der Waals surface area contributed by atoms with E-state index in [1.54, 1.807) is 23.5 Å². The summed E-state index contributed by atoms with van der Waals surface area (Å²) in [6.45, 7) is 2.78. The molecule has 0 spiro atoms. The molecule has 1 saturated heterocycles. The van der Waals surface area contributed by atoms with Crippen LogP contribution in [0.25, 0.3) is 0 Å². The molecule has 8 heteroatoms. The zero-order valence-electron chi connectivity index (χ0n) is 12.2. The number of ether oxygens (including phenoxy) is 2. The second-order valence-electron chi connectivity index (χ2n) is 4.33. The van der Waals surface area contributed by atoms with Crippen molar-refractivity contribution in [1.82, 2.24) is 10.6 Å². The van der Waals surface area contributed by atoms with Gasteiger partial charge in [0.15, 0.2) is 0 Å². The minimum Gasteiger partial charge on any atom is -0.378 e. The van der Waals surface area contributed by atoms with E-state index in [-0.39, 0.29) is 18.5 Å². The second-order valence-corrected chi connectivity index (χ2v) is 6.78. The van der Waals surface area contributed by atoms with Gasteiger partial charge in [-0.3, -0.25) is 9.59 Å². The van der Waals surface area contributed by atoms with Gasteiger partial charge in [-0.2, -0.15) is 23.5 Å². The molecule has 1 fully saturated rings. The third-order valence-corrected chi connectivity index (χ3v) is 4.53. The Hall–Kier alpha value is -0.440. The van der Waals surface area contributed by atoms with E-state index in [4.69, 9.17) is 9.47 Å². The highest BCUT2D eigenvalue weighted by Crippen LogP contribution is 2.03. The molecule has 0 atom stereocenters. The second kappa shape index (κ2) is 13.2. The maximum Gasteiger partial charge on any atom is 0.222 e. The van der Waals surface area contributed by atoms with E-state index in [9.17, 15) is 9.59 Å². The number of carbonyl (C=O) groups excluding carboxylic acids is 2. The molecule has 0 radical (unpaired) electrons. The van der Waals surface area contributed by atoms with Crippen LogP contribution in [0.2, 0.25) is 0 Å². The monoisotopic (exact) mass is 336 g/mol. The van der Waals surface area contributed by atoms with E-state index in [2.05, 4.69) is 10.6 Å². The number of rotatable bonds is 0. The summed E-state index contributed by atoms with van der Waals surface area (Å²) >= 11 is 3.37. The van der Waals surface area contributed by atoms with Gasteiger partial charge in [-0.15, -0.1) is 0 Å². The van der Waals surface area contributed by atoms with E-state index < -0.39 is 0 Å². The van der Waals surface area contributed by atoms with Crippen molar-refractivity contribution in [2.75, 3.05) is 56.1 Å². The van der Waals surface area contributed by atoms with Crippen molar-refractivity contribution in [2.45, 2.75) is 12.8 Å². The van der Waals surface area contributed by atoms with Crippen LogP contribution in [0, 0.1) is 0 Å². The van der Waals surface area contributed by atoms with Crippen LogP contribution in [0.1, 0.15) is 12.8 Å². The van der Waals surface area contributed by atoms with Crippen molar-refractivity contribution < 1.29 is 19.1 Å². The molecule has 0 aromatic carbocycles. The SMILES string of the molecule is O=C1CCSCCOCCOCCSCCC(=O)NCN1. The highest BCUT2D eigenvalue weighted by atomic mass is 32.2. The number of amides is 2. The summed E-state index contributed by atoms with van der Waals surface area (Å²) in [7, 11) is 0. The molecule has 21 heavy (non-hydrogen) atoms. The number of thioether (sulfide) groups is 2. The summed E-state index contributed by atoms with van der Waals surface area (Å²) in [6, 6.07) is 0. The van der Waals surface area contributed by atoms with Crippen LogP contribution >= 0.6 is 23.5 Å². The minimum absolute atomic E-state index is 0.0376. The van der Waals surface area contributed by atoms with Crippen molar-refractivity contribution in [3.8, 4) is 0 Å². The molecule has 0 aliphatic carbocycles. The minimum atomic E-state index is -0.0376. The molecular formula is C13H24N2O4S2. The Morgan fingerprint density at radius 1 is 0.714 bits per heavy atom. The molecule has 1 heterocycles. The fraction of sp³-hybridized carbons (Fsp3) is 0.846. The highest BCUT2D eigenvalue weighted by molar-refractivity contribution is 7.99. The molecule has 2 amide bonds. The lowest BCUT2D eigenvalue weighted by molar-refractivity contribution is -0.122. The van der Waals surface area contributed by atoms with Gasteiger partial charge in [0, 0.05) is 35.9 Å². The fourth-order valence-corrected chi connectivity index (χ4v) is 3.05. The number of hydrogen-bond donors (Lipinski definition) is 2. The molecule has 2 N–H and O–H groups in total. The van der Waals surface area contributed by atoms with Crippen molar-refractivity contribution in [3.63, 3.8) is 0 Å². The lowest BCUT2D eigenvalue weighted by Crippen LogP contribution is -2.37. The fourth-order valence-electron chi connectivity index (χ4n) is 1.51. The van der Waals surface area contributed by atoms with Crippen molar-refractivity contribution in [2.24, 2.45) is 0 Å². The Kier molecular flexibility index (Phi) is 11.7. The van der Waals surface area contributed by atoms with Gasteiger partial charge < -0.3 is 20.1 Å². The van der Waals surface area contributed by atoms with Gasteiger partial charge in [0.05, 0.1) is 33.1 Å². The van der Waals surface area contributed by atoms with Gasteiger partial charge in [0.1, 0.15) is 0 Å². The molecule has 0 saturated carbocycles. The third-order valence-electron chi connectivity index (χ3n) is 2.63. The van der Waals surface area contributed by atoms with Crippen LogP contribution < -0.4 is 10.6 Å². The third kappa shape index (κ3) is 11.9. The zero-order chi connectivity index (χ0) is 15.2. The molecule has 1 aliphatic heterocycles. The summed E-state index contributed by atoms with van der Waals surface area (Å²) < 4.78 is 10.9. The Labute approximate surface area is 134 Å². The number of carbonyl (C=O) groups is 2. The first-order valence-electron chi connectivity index (χ1n) is 7.13. The van der Waals surface area contributed by atoms with Crippen molar-refractivity contribution in [1.29, 1.82) is 0 Å². The molecule has 0 unspecified atom stereocenters. The van der Waals surface area contributed by atoms with Crippen molar-refractivity contribution >= 4 is 35.3 Å². The summed E-state index contributed by atoms with van der Waals surface area (Å²) in [6.07, 6.45) is 0.916. The Bertz CT molecular complexity index is 278. The normalized spacial score (nSPS) is 22.3. The summed E-state index contributed by atoms with van der Waals surface area (Å²) in [5.41, 5.74) is 0. The van der Waals surface area contributed by atoms with E-state index in [0.29, 0.717) is 39.3 Å². The maximum atomic E-state index is 11.5. The molecule has 122 valence electrons. The first kappa shape index (κ1) is 18.6. The topological polar surface area (TPSA) is 76.7 Å². The molecule has 1 aliphatic rings. The van der Waals surface area contributed by atoms with Gasteiger partial charge in [-0.1, -0.05) is 0 Å². The quantitative estimate of drug-likeness (QED) is 0.670. The van der Waals surface area contributed by atoms with Gasteiger partial charge in [0.25, 0.3) is 0 Å². The first-order chi connectivity index (χ1) is 10.3. The Morgan fingerprint density at radius 2 is 1.19 bits per heavy atom. The number of hydrogen-bond acceptors (Lipinski definition) is 6. The van der Waals surface area contributed by atoms with Crippen LogP contribution in [0.5, 0.6) is 0 Å². The van der Waals surface area contributed by atoms with Crippen LogP contribution in [-0.4, -0.2) is 67.9 Å². The van der Waals surface area contributed by atoms with Crippen molar-refractivity contribution in [3.05, 3.63) is 0 Å². The molecule has 6 nitrogen and oxygen atoms in total. The summed E-state index contributed by atoms with van der Waals surface area (Å²) in [4.78, 5) is 23.0. The smallest absolute Gasteiger partial charge is 0.222 e. The first-order valence-corrected chi connectivity index (χ1v) is 9.44. The van der Waals surface area contributed by atoms with Gasteiger partial charge in [-0.25, -0.2) is 0 Å². The van der Waals surface area contributed by atoms with Crippen LogP contribution in [-0.2, 0) is 19.1 Å². The predicted molar refractivity (Wildman–Crippen MR) is 86.7 cm³/mol. The lowest BCUT2D eigenvalue weighted by atomic mass is 10.4. The Balaban J connectivity index is 2.20. The Morgan fingerprint density at radius 3 is 1.67 bits per heavy atom. The number of nitrogens with one attached hydrogen (secondary N) is 2. The van der Waals surface area contributed by atoms with Gasteiger partial charge in [-0.05, 0) is 0 Å². The average molecular weight is 336 g/mol. The molecule has 0 aromatic rings. The largest absolute Gasteiger partial charge is 0.378 e.